The van der Waals surface area contributed by atoms with Gasteiger partial charge in [0.2, 0.25) is 0 Å². The SMILES string of the molecule is CC1CCC(CNc2ccc(C(C)C)cc2C(C)C)CC1. The lowest BCUT2D eigenvalue weighted by atomic mass is 9.83. The molecule has 1 N–H and O–H groups in total. The average molecular weight is 287 g/mol. The van der Waals surface area contributed by atoms with Crippen LogP contribution in [0.15, 0.2) is 18.2 Å². The Morgan fingerprint density at radius 2 is 1.67 bits per heavy atom. The van der Waals surface area contributed by atoms with Gasteiger partial charge in [0.15, 0.2) is 0 Å². The largest absolute Gasteiger partial charge is 0.385 e. The highest BCUT2D eigenvalue weighted by Crippen LogP contribution is 2.31. The molecule has 1 aliphatic carbocycles. The maximum Gasteiger partial charge on any atom is 0.0375 e. The summed E-state index contributed by atoms with van der Waals surface area (Å²) in [5.41, 5.74) is 4.29. The van der Waals surface area contributed by atoms with Crippen LogP contribution in [0, 0.1) is 11.8 Å². The van der Waals surface area contributed by atoms with E-state index in [4.69, 9.17) is 0 Å². The molecule has 1 heteroatoms. The molecule has 1 saturated carbocycles. The predicted octanol–water partition coefficient (Wildman–Crippen LogP) is 6.17. The molecule has 1 aromatic rings. The fourth-order valence-electron chi connectivity index (χ4n) is 3.37. The first-order valence-corrected chi connectivity index (χ1v) is 8.85. The van der Waals surface area contributed by atoms with E-state index in [0.717, 1.165) is 18.4 Å². The minimum Gasteiger partial charge on any atom is -0.385 e. The Labute approximate surface area is 131 Å². The van der Waals surface area contributed by atoms with Crippen molar-refractivity contribution in [2.75, 3.05) is 11.9 Å². The first-order chi connectivity index (χ1) is 9.97. The third-order valence-electron chi connectivity index (χ3n) is 5.08. The number of nitrogens with one attached hydrogen (secondary N) is 1. The molecular formula is C20H33N. The van der Waals surface area contributed by atoms with Gasteiger partial charge in [-0.15, -0.1) is 0 Å². The minimum absolute atomic E-state index is 0.581. The Kier molecular flexibility index (Phi) is 5.72. The van der Waals surface area contributed by atoms with Crippen LogP contribution in [0.25, 0.3) is 0 Å². The molecule has 21 heavy (non-hydrogen) atoms. The normalized spacial score (nSPS) is 22.8. The summed E-state index contributed by atoms with van der Waals surface area (Å²) in [7, 11) is 0. The van der Waals surface area contributed by atoms with Gasteiger partial charge in [-0.1, -0.05) is 59.6 Å². The molecule has 2 rings (SSSR count). The van der Waals surface area contributed by atoms with E-state index < -0.39 is 0 Å². The number of hydrogen-bond donors (Lipinski definition) is 1. The summed E-state index contributed by atoms with van der Waals surface area (Å²) in [5.74, 6) is 3.00. The highest BCUT2D eigenvalue weighted by atomic mass is 14.9. The molecular weight excluding hydrogens is 254 g/mol. The van der Waals surface area contributed by atoms with Crippen LogP contribution in [-0.4, -0.2) is 6.54 Å². The van der Waals surface area contributed by atoms with E-state index in [1.165, 1.54) is 42.5 Å². The van der Waals surface area contributed by atoms with Crippen LogP contribution < -0.4 is 5.32 Å². The number of anilines is 1. The summed E-state index contributed by atoms with van der Waals surface area (Å²) < 4.78 is 0. The molecule has 0 radical (unpaired) electrons. The second-order valence-corrected chi connectivity index (χ2v) is 7.66. The molecule has 1 aliphatic rings. The van der Waals surface area contributed by atoms with Crippen molar-refractivity contribution in [1.82, 2.24) is 0 Å². The van der Waals surface area contributed by atoms with Crippen molar-refractivity contribution in [2.45, 2.75) is 72.1 Å². The van der Waals surface area contributed by atoms with Crippen molar-refractivity contribution < 1.29 is 0 Å². The van der Waals surface area contributed by atoms with E-state index in [2.05, 4.69) is 58.1 Å². The van der Waals surface area contributed by atoms with E-state index >= 15 is 0 Å². The summed E-state index contributed by atoms with van der Waals surface area (Å²) >= 11 is 0. The molecule has 0 heterocycles. The van der Waals surface area contributed by atoms with E-state index in [0.29, 0.717) is 11.8 Å². The Morgan fingerprint density at radius 3 is 2.24 bits per heavy atom. The van der Waals surface area contributed by atoms with Gasteiger partial charge in [-0.3, -0.25) is 0 Å². The van der Waals surface area contributed by atoms with E-state index in [1.54, 1.807) is 0 Å². The van der Waals surface area contributed by atoms with Crippen molar-refractivity contribution in [3.05, 3.63) is 29.3 Å². The number of benzene rings is 1. The highest BCUT2D eigenvalue weighted by Gasteiger charge is 2.18. The third-order valence-corrected chi connectivity index (χ3v) is 5.08. The fourth-order valence-corrected chi connectivity index (χ4v) is 3.37. The monoisotopic (exact) mass is 287 g/mol. The maximum atomic E-state index is 3.75. The van der Waals surface area contributed by atoms with Crippen LogP contribution in [-0.2, 0) is 0 Å². The Morgan fingerprint density at radius 1 is 1.00 bits per heavy atom. The van der Waals surface area contributed by atoms with Gasteiger partial charge < -0.3 is 5.32 Å². The van der Waals surface area contributed by atoms with E-state index in [9.17, 15) is 0 Å². The summed E-state index contributed by atoms with van der Waals surface area (Å²) in [6.45, 7) is 12.7. The number of hydrogen-bond acceptors (Lipinski definition) is 1. The lowest BCUT2D eigenvalue weighted by Crippen LogP contribution is -2.20. The first kappa shape index (κ1) is 16.4. The van der Waals surface area contributed by atoms with Crippen LogP contribution in [0.4, 0.5) is 5.69 Å². The molecule has 0 aromatic heterocycles. The molecule has 0 bridgehead atoms. The summed E-state index contributed by atoms with van der Waals surface area (Å²) in [4.78, 5) is 0. The van der Waals surface area contributed by atoms with Crippen LogP contribution in [0.2, 0.25) is 0 Å². The van der Waals surface area contributed by atoms with E-state index in [-0.39, 0.29) is 0 Å². The van der Waals surface area contributed by atoms with Crippen molar-refractivity contribution in [3.63, 3.8) is 0 Å². The van der Waals surface area contributed by atoms with Crippen molar-refractivity contribution in [3.8, 4) is 0 Å². The van der Waals surface area contributed by atoms with Gasteiger partial charge in [0.05, 0.1) is 0 Å². The zero-order valence-electron chi connectivity index (χ0n) is 14.6. The van der Waals surface area contributed by atoms with Crippen molar-refractivity contribution >= 4 is 5.69 Å². The van der Waals surface area contributed by atoms with Gasteiger partial charge in [0.25, 0.3) is 0 Å². The second kappa shape index (κ2) is 7.33. The van der Waals surface area contributed by atoms with Gasteiger partial charge in [0.1, 0.15) is 0 Å². The molecule has 0 unspecified atom stereocenters. The van der Waals surface area contributed by atoms with E-state index in [1.807, 2.05) is 0 Å². The molecule has 0 spiro atoms. The van der Waals surface area contributed by atoms with Crippen molar-refractivity contribution in [1.29, 1.82) is 0 Å². The third kappa shape index (κ3) is 4.49. The summed E-state index contributed by atoms with van der Waals surface area (Å²) in [6.07, 6.45) is 5.62. The molecule has 0 aliphatic heterocycles. The Bertz CT molecular complexity index is 439. The second-order valence-electron chi connectivity index (χ2n) is 7.66. The fraction of sp³-hybridized carbons (Fsp3) is 0.700. The van der Waals surface area contributed by atoms with Crippen molar-refractivity contribution in [2.24, 2.45) is 11.8 Å². The van der Waals surface area contributed by atoms with Crippen LogP contribution in [0.3, 0.4) is 0 Å². The first-order valence-electron chi connectivity index (χ1n) is 8.85. The van der Waals surface area contributed by atoms with Crippen LogP contribution >= 0.6 is 0 Å². The predicted molar refractivity (Wildman–Crippen MR) is 94.2 cm³/mol. The molecule has 118 valence electrons. The highest BCUT2D eigenvalue weighted by molar-refractivity contribution is 5.54. The topological polar surface area (TPSA) is 12.0 Å². The lowest BCUT2D eigenvalue weighted by molar-refractivity contribution is 0.300. The molecule has 1 fully saturated rings. The Balaban J connectivity index is 2.02. The lowest BCUT2D eigenvalue weighted by Gasteiger charge is -2.27. The molecule has 0 amide bonds. The Hall–Kier alpha value is -0.980. The van der Waals surface area contributed by atoms with Gasteiger partial charge in [-0.05, 0) is 53.7 Å². The van der Waals surface area contributed by atoms with Crippen LogP contribution in [0.1, 0.15) is 83.3 Å². The smallest absolute Gasteiger partial charge is 0.0375 e. The zero-order valence-corrected chi connectivity index (χ0v) is 14.6. The number of rotatable bonds is 5. The molecule has 1 aromatic carbocycles. The molecule has 1 nitrogen and oxygen atoms in total. The summed E-state index contributed by atoms with van der Waals surface area (Å²) in [6, 6.07) is 7.00. The van der Waals surface area contributed by atoms with Gasteiger partial charge in [-0.25, -0.2) is 0 Å². The minimum atomic E-state index is 0.581. The average Bonchev–Trinajstić information content (AvgIpc) is 2.46. The maximum absolute atomic E-state index is 3.75. The van der Waals surface area contributed by atoms with Gasteiger partial charge in [0, 0.05) is 12.2 Å². The quantitative estimate of drug-likeness (QED) is 0.682. The summed E-state index contributed by atoms with van der Waals surface area (Å²) in [5, 5.41) is 3.75. The van der Waals surface area contributed by atoms with Crippen LogP contribution in [0.5, 0.6) is 0 Å². The standard InChI is InChI=1S/C20H33N/c1-14(2)18-10-11-20(19(12-18)15(3)4)21-13-17-8-6-16(5)7-9-17/h10-12,14-17,21H,6-9,13H2,1-5H3. The zero-order chi connectivity index (χ0) is 15.4. The van der Waals surface area contributed by atoms with Gasteiger partial charge >= 0.3 is 0 Å². The molecule has 0 saturated heterocycles. The van der Waals surface area contributed by atoms with Gasteiger partial charge in [-0.2, -0.15) is 0 Å². The molecule has 0 atom stereocenters.